The minimum Gasteiger partial charge on any atom is -0.445 e. The molecule has 0 saturated carbocycles. The van der Waals surface area contributed by atoms with Crippen LogP contribution in [-0.2, 0) is 17.5 Å². The van der Waals surface area contributed by atoms with E-state index in [0.29, 0.717) is 12.0 Å². The molecule has 2 aromatic rings. The summed E-state index contributed by atoms with van der Waals surface area (Å²) in [6, 6.07) is 12.2. The van der Waals surface area contributed by atoms with Gasteiger partial charge in [0, 0.05) is 18.5 Å². The molecule has 0 aliphatic heterocycles. The molecule has 0 unspecified atom stereocenters. The molecule has 1 N–H and O–H groups in total. The lowest BCUT2D eigenvalue weighted by Gasteiger charge is -2.07. The van der Waals surface area contributed by atoms with Crippen LogP contribution in [0.15, 0.2) is 48.5 Å². The van der Waals surface area contributed by atoms with Crippen molar-refractivity contribution in [2.24, 2.45) is 0 Å². The Hall–Kier alpha value is -2.65. The van der Waals surface area contributed by atoms with E-state index in [4.69, 9.17) is 16.3 Å². The number of halogens is 4. The van der Waals surface area contributed by atoms with Crippen molar-refractivity contribution in [3.8, 4) is 11.8 Å². The zero-order chi connectivity index (χ0) is 19.0. The molecule has 2 rings (SSSR count). The standard InChI is InChI=1S/C19H15ClF3NO2/c20-17-12-16(19(21,22)23)10-9-15(17)8-4-5-11-24-18(25)26-13-14-6-2-1-3-7-14/h1-3,6-7,9-10,12H,5,11,13H2,(H,24,25). The molecule has 7 heteroatoms. The number of benzene rings is 2. The van der Waals surface area contributed by atoms with Gasteiger partial charge in [-0.1, -0.05) is 53.8 Å². The molecule has 0 spiro atoms. The number of amides is 1. The van der Waals surface area contributed by atoms with Gasteiger partial charge in [0.25, 0.3) is 0 Å². The lowest BCUT2D eigenvalue weighted by Crippen LogP contribution is -2.24. The highest BCUT2D eigenvalue weighted by Gasteiger charge is 2.30. The molecule has 2 aromatic carbocycles. The second kappa shape index (κ2) is 9.16. The summed E-state index contributed by atoms with van der Waals surface area (Å²) in [4.78, 5) is 11.5. The Morgan fingerprint density at radius 2 is 1.88 bits per heavy atom. The maximum Gasteiger partial charge on any atom is 0.416 e. The first-order chi connectivity index (χ1) is 12.4. The van der Waals surface area contributed by atoms with Gasteiger partial charge < -0.3 is 10.1 Å². The van der Waals surface area contributed by atoms with E-state index in [9.17, 15) is 18.0 Å². The van der Waals surface area contributed by atoms with E-state index >= 15 is 0 Å². The molecule has 0 aliphatic rings. The summed E-state index contributed by atoms with van der Waals surface area (Å²) in [5.74, 6) is 5.43. The Morgan fingerprint density at radius 1 is 1.15 bits per heavy atom. The van der Waals surface area contributed by atoms with Crippen molar-refractivity contribution in [2.45, 2.75) is 19.2 Å². The van der Waals surface area contributed by atoms with Gasteiger partial charge in [0.05, 0.1) is 10.6 Å². The monoisotopic (exact) mass is 381 g/mol. The van der Waals surface area contributed by atoms with Crippen molar-refractivity contribution in [3.63, 3.8) is 0 Å². The van der Waals surface area contributed by atoms with Gasteiger partial charge in [0.2, 0.25) is 0 Å². The predicted octanol–water partition coefficient (Wildman–Crippen LogP) is 5.03. The Bertz CT molecular complexity index is 811. The number of hydrogen-bond acceptors (Lipinski definition) is 2. The maximum atomic E-state index is 12.6. The number of ether oxygens (including phenoxy) is 1. The molecule has 0 fully saturated rings. The van der Waals surface area contributed by atoms with Crippen LogP contribution in [0.5, 0.6) is 0 Å². The molecule has 0 radical (unpaired) electrons. The van der Waals surface area contributed by atoms with Gasteiger partial charge in [0.1, 0.15) is 6.61 Å². The minimum atomic E-state index is -4.44. The van der Waals surface area contributed by atoms with Crippen molar-refractivity contribution in [1.82, 2.24) is 5.32 Å². The van der Waals surface area contributed by atoms with Crippen LogP contribution in [0.2, 0.25) is 5.02 Å². The Labute approximate surface area is 154 Å². The van der Waals surface area contributed by atoms with Crippen LogP contribution >= 0.6 is 11.6 Å². The molecule has 0 saturated heterocycles. The molecule has 0 atom stereocenters. The van der Waals surface area contributed by atoms with Gasteiger partial charge in [-0.2, -0.15) is 13.2 Å². The van der Waals surface area contributed by atoms with Crippen molar-refractivity contribution < 1.29 is 22.7 Å². The van der Waals surface area contributed by atoms with Gasteiger partial charge >= 0.3 is 12.3 Å². The van der Waals surface area contributed by atoms with Crippen LogP contribution in [-0.4, -0.2) is 12.6 Å². The third-order valence-corrected chi connectivity index (χ3v) is 3.56. The molecule has 0 aliphatic carbocycles. The number of alkyl carbamates (subject to hydrolysis) is 1. The molecular formula is C19H15ClF3NO2. The highest BCUT2D eigenvalue weighted by Crippen LogP contribution is 2.31. The van der Waals surface area contributed by atoms with E-state index in [0.717, 1.165) is 17.7 Å². The average Bonchev–Trinajstić information content (AvgIpc) is 2.61. The highest BCUT2D eigenvalue weighted by atomic mass is 35.5. The first-order valence-electron chi connectivity index (χ1n) is 7.66. The van der Waals surface area contributed by atoms with Gasteiger partial charge in [-0.15, -0.1) is 0 Å². The van der Waals surface area contributed by atoms with Crippen LogP contribution in [0, 0.1) is 11.8 Å². The van der Waals surface area contributed by atoms with Gasteiger partial charge in [-0.3, -0.25) is 0 Å². The van der Waals surface area contributed by atoms with Crippen LogP contribution in [0.3, 0.4) is 0 Å². The molecular weight excluding hydrogens is 367 g/mol. The van der Waals surface area contributed by atoms with E-state index in [1.165, 1.54) is 6.07 Å². The zero-order valence-electron chi connectivity index (χ0n) is 13.6. The van der Waals surface area contributed by atoms with Gasteiger partial charge in [-0.25, -0.2) is 4.79 Å². The fourth-order valence-electron chi connectivity index (χ4n) is 1.95. The first-order valence-corrected chi connectivity index (χ1v) is 8.04. The number of alkyl halides is 3. The molecule has 0 heterocycles. The highest BCUT2D eigenvalue weighted by molar-refractivity contribution is 6.31. The maximum absolute atomic E-state index is 12.6. The molecule has 0 bridgehead atoms. The van der Waals surface area contributed by atoms with E-state index in [-0.39, 0.29) is 18.2 Å². The number of carbonyl (C=O) groups excluding carboxylic acids is 1. The van der Waals surface area contributed by atoms with Crippen LogP contribution in [0.1, 0.15) is 23.1 Å². The number of hydrogen-bond donors (Lipinski definition) is 1. The fourth-order valence-corrected chi connectivity index (χ4v) is 2.18. The Balaban J connectivity index is 1.76. The summed E-state index contributed by atoms with van der Waals surface area (Å²) in [7, 11) is 0. The number of nitrogens with one attached hydrogen (secondary N) is 1. The lowest BCUT2D eigenvalue weighted by atomic mass is 10.1. The van der Waals surface area contributed by atoms with Crippen LogP contribution in [0.4, 0.5) is 18.0 Å². The average molecular weight is 382 g/mol. The Morgan fingerprint density at radius 3 is 2.54 bits per heavy atom. The van der Waals surface area contributed by atoms with E-state index in [1.807, 2.05) is 30.3 Å². The molecule has 0 aromatic heterocycles. The lowest BCUT2D eigenvalue weighted by molar-refractivity contribution is -0.137. The van der Waals surface area contributed by atoms with E-state index in [2.05, 4.69) is 17.2 Å². The third kappa shape index (κ3) is 6.34. The molecule has 1 amide bonds. The normalized spacial score (nSPS) is 10.6. The molecule has 26 heavy (non-hydrogen) atoms. The van der Waals surface area contributed by atoms with Crippen LogP contribution in [0.25, 0.3) is 0 Å². The summed E-state index contributed by atoms with van der Waals surface area (Å²) in [5.41, 5.74) is 0.349. The van der Waals surface area contributed by atoms with Crippen molar-refractivity contribution in [1.29, 1.82) is 0 Å². The first kappa shape index (κ1) is 19.7. The van der Waals surface area contributed by atoms with Gasteiger partial charge in [0.15, 0.2) is 0 Å². The second-order valence-electron chi connectivity index (χ2n) is 5.23. The molecule has 136 valence electrons. The summed E-state index contributed by atoms with van der Waals surface area (Å²) >= 11 is 5.81. The van der Waals surface area contributed by atoms with Crippen molar-refractivity contribution >= 4 is 17.7 Å². The smallest absolute Gasteiger partial charge is 0.416 e. The van der Waals surface area contributed by atoms with Crippen molar-refractivity contribution in [2.75, 3.05) is 6.54 Å². The third-order valence-electron chi connectivity index (χ3n) is 3.25. The zero-order valence-corrected chi connectivity index (χ0v) is 14.3. The Kier molecular flexibility index (Phi) is 6.93. The number of carbonyl (C=O) groups is 1. The predicted molar refractivity (Wildman–Crippen MR) is 92.6 cm³/mol. The summed E-state index contributed by atoms with van der Waals surface area (Å²) in [5, 5.41) is 2.47. The summed E-state index contributed by atoms with van der Waals surface area (Å²) in [6.07, 6.45) is -4.71. The van der Waals surface area contributed by atoms with E-state index in [1.54, 1.807) is 0 Å². The number of rotatable bonds is 4. The second-order valence-corrected chi connectivity index (χ2v) is 5.64. The van der Waals surface area contributed by atoms with Crippen molar-refractivity contribution in [3.05, 3.63) is 70.2 Å². The van der Waals surface area contributed by atoms with E-state index < -0.39 is 17.8 Å². The molecule has 3 nitrogen and oxygen atoms in total. The fraction of sp³-hybridized carbons (Fsp3) is 0.211. The SMILES string of the molecule is O=C(NCCC#Cc1ccc(C(F)(F)F)cc1Cl)OCc1ccccc1. The largest absolute Gasteiger partial charge is 0.445 e. The summed E-state index contributed by atoms with van der Waals surface area (Å²) < 4.78 is 42.7. The minimum absolute atomic E-state index is 0.0671. The van der Waals surface area contributed by atoms with Gasteiger partial charge in [-0.05, 0) is 23.8 Å². The topological polar surface area (TPSA) is 38.3 Å². The summed E-state index contributed by atoms with van der Waals surface area (Å²) in [6.45, 7) is 0.415. The quantitative estimate of drug-likeness (QED) is 0.596. The van der Waals surface area contributed by atoms with Crippen LogP contribution < -0.4 is 5.32 Å².